The average molecular weight is 236 g/mol. The summed E-state index contributed by atoms with van der Waals surface area (Å²) in [4.78, 5) is 21.4. The zero-order valence-corrected chi connectivity index (χ0v) is 9.69. The van der Waals surface area contributed by atoms with Gasteiger partial charge in [0.05, 0.1) is 6.61 Å². The molecule has 1 unspecified atom stereocenters. The number of rotatable bonds is 5. The molecule has 0 radical (unpaired) electrons. The van der Waals surface area contributed by atoms with Crippen molar-refractivity contribution in [1.82, 2.24) is 0 Å². The summed E-state index contributed by atoms with van der Waals surface area (Å²) in [6.45, 7) is 0.768. The van der Waals surface area contributed by atoms with Crippen LogP contribution in [-0.2, 0) is 20.7 Å². The smallest absolute Gasteiger partial charge is 0.293 e. The van der Waals surface area contributed by atoms with E-state index < -0.39 is 0 Å². The minimum atomic E-state index is 0.233. The zero-order valence-electron chi connectivity index (χ0n) is 9.69. The van der Waals surface area contributed by atoms with Crippen molar-refractivity contribution in [2.75, 3.05) is 6.61 Å². The van der Waals surface area contributed by atoms with Gasteiger partial charge in [0, 0.05) is 25.2 Å². The Morgan fingerprint density at radius 1 is 1.47 bits per heavy atom. The lowest BCUT2D eigenvalue weighted by atomic mass is 9.87. The molecule has 1 aliphatic carbocycles. The van der Waals surface area contributed by atoms with Gasteiger partial charge in [-0.25, -0.2) is 0 Å². The number of furan rings is 1. The molecule has 4 nitrogen and oxygen atoms in total. The molecule has 0 saturated heterocycles. The highest BCUT2D eigenvalue weighted by Gasteiger charge is 2.23. The van der Waals surface area contributed by atoms with Crippen molar-refractivity contribution in [3.63, 3.8) is 0 Å². The molecule has 1 fully saturated rings. The van der Waals surface area contributed by atoms with Gasteiger partial charge in [-0.15, -0.1) is 0 Å². The minimum Gasteiger partial charge on any atom is -0.467 e. The van der Waals surface area contributed by atoms with E-state index >= 15 is 0 Å². The molecule has 0 spiro atoms. The van der Waals surface area contributed by atoms with Gasteiger partial charge >= 0.3 is 0 Å². The zero-order chi connectivity index (χ0) is 12.1. The fourth-order valence-electron chi connectivity index (χ4n) is 2.22. The number of ketones is 1. The summed E-state index contributed by atoms with van der Waals surface area (Å²) >= 11 is 0. The highest BCUT2D eigenvalue weighted by Crippen LogP contribution is 2.31. The van der Waals surface area contributed by atoms with Crippen molar-refractivity contribution in [3.05, 3.63) is 23.7 Å². The van der Waals surface area contributed by atoms with E-state index in [2.05, 4.69) is 4.74 Å². The highest BCUT2D eigenvalue weighted by molar-refractivity contribution is 5.79. The first-order valence-corrected chi connectivity index (χ1v) is 5.95. The molecule has 1 aromatic rings. The number of carbonyl (C=O) groups is 2. The van der Waals surface area contributed by atoms with Gasteiger partial charge in [0.15, 0.2) is 0 Å². The lowest BCUT2D eigenvalue weighted by Gasteiger charge is -2.18. The fraction of sp³-hybridized carbons (Fsp3) is 0.538. The van der Waals surface area contributed by atoms with Crippen LogP contribution < -0.4 is 0 Å². The van der Waals surface area contributed by atoms with E-state index in [4.69, 9.17) is 4.42 Å². The summed E-state index contributed by atoms with van der Waals surface area (Å²) in [5.74, 6) is 2.25. The van der Waals surface area contributed by atoms with E-state index in [9.17, 15) is 9.59 Å². The molecule has 1 atom stereocenters. The third kappa shape index (κ3) is 3.19. The number of ether oxygens (including phenoxy) is 1. The second-order valence-electron chi connectivity index (χ2n) is 4.35. The summed E-state index contributed by atoms with van der Waals surface area (Å²) < 4.78 is 10.3. The molecule has 1 saturated carbocycles. The van der Waals surface area contributed by atoms with Gasteiger partial charge in [0.25, 0.3) is 6.47 Å². The van der Waals surface area contributed by atoms with Crippen LogP contribution in [-0.4, -0.2) is 18.9 Å². The Kier molecular flexibility index (Phi) is 3.96. The molecule has 2 rings (SSSR count). The monoisotopic (exact) mass is 236 g/mol. The second kappa shape index (κ2) is 5.66. The van der Waals surface area contributed by atoms with Crippen LogP contribution in [0.2, 0.25) is 0 Å². The standard InChI is InChI=1S/C13H16O4/c14-9-16-7-6-12-4-5-13(17-12)10-2-1-3-11(15)8-10/h4-5,9-10H,1-3,6-8H2. The SMILES string of the molecule is O=COCCc1ccc(C2CCCC(=O)C2)o1. The van der Waals surface area contributed by atoms with E-state index in [-0.39, 0.29) is 5.92 Å². The Bertz CT molecular complexity index is 394. The van der Waals surface area contributed by atoms with Crippen molar-refractivity contribution in [2.24, 2.45) is 0 Å². The van der Waals surface area contributed by atoms with Gasteiger partial charge in [-0.3, -0.25) is 9.59 Å². The van der Waals surface area contributed by atoms with Crippen molar-refractivity contribution in [3.8, 4) is 0 Å². The molecule has 4 heteroatoms. The molecule has 1 aliphatic rings. The average Bonchev–Trinajstić information content (AvgIpc) is 2.78. The fourth-order valence-corrected chi connectivity index (χ4v) is 2.22. The van der Waals surface area contributed by atoms with E-state index in [1.165, 1.54) is 0 Å². The first-order valence-electron chi connectivity index (χ1n) is 5.95. The largest absolute Gasteiger partial charge is 0.467 e. The van der Waals surface area contributed by atoms with Crippen LogP contribution in [0.25, 0.3) is 0 Å². The van der Waals surface area contributed by atoms with Crippen LogP contribution in [0.15, 0.2) is 16.5 Å². The number of Topliss-reactive ketones (excluding diaryl/α,β-unsaturated/α-hetero) is 1. The predicted molar refractivity (Wildman–Crippen MR) is 60.6 cm³/mol. The van der Waals surface area contributed by atoms with E-state index in [0.29, 0.717) is 38.1 Å². The topological polar surface area (TPSA) is 56.5 Å². The van der Waals surface area contributed by atoms with Crippen LogP contribution in [0.3, 0.4) is 0 Å². The van der Waals surface area contributed by atoms with Crippen molar-refractivity contribution in [1.29, 1.82) is 0 Å². The number of hydrogen-bond acceptors (Lipinski definition) is 4. The van der Waals surface area contributed by atoms with Crippen LogP contribution in [0, 0.1) is 0 Å². The molecule has 1 aromatic heterocycles. The second-order valence-corrected chi connectivity index (χ2v) is 4.35. The molecule has 0 amide bonds. The van der Waals surface area contributed by atoms with Crippen LogP contribution >= 0.6 is 0 Å². The molecule has 0 bridgehead atoms. The van der Waals surface area contributed by atoms with Gasteiger partial charge < -0.3 is 9.15 Å². The van der Waals surface area contributed by atoms with E-state index in [0.717, 1.165) is 24.4 Å². The minimum absolute atomic E-state index is 0.233. The van der Waals surface area contributed by atoms with Crippen LogP contribution in [0.4, 0.5) is 0 Å². The van der Waals surface area contributed by atoms with Crippen LogP contribution in [0.1, 0.15) is 43.1 Å². The molecule has 1 heterocycles. The molecular formula is C13H16O4. The first-order chi connectivity index (χ1) is 8.29. The van der Waals surface area contributed by atoms with Gasteiger partial charge in [-0.05, 0) is 25.0 Å². The third-order valence-corrected chi connectivity index (χ3v) is 3.10. The third-order valence-electron chi connectivity index (χ3n) is 3.10. The molecule has 17 heavy (non-hydrogen) atoms. The summed E-state index contributed by atoms with van der Waals surface area (Å²) in [7, 11) is 0. The van der Waals surface area contributed by atoms with Crippen molar-refractivity contribution in [2.45, 2.75) is 38.0 Å². The Balaban J connectivity index is 1.92. The van der Waals surface area contributed by atoms with E-state index in [1.807, 2.05) is 12.1 Å². The van der Waals surface area contributed by atoms with Crippen molar-refractivity contribution < 1.29 is 18.7 Å². The van der Waals surface area contributed by atoms with Gasteiger partial charge in [0.2, 0.25) is 0 Å². The highest BCUT2D eigenvalue weighted by atomic mass is 16.5. The molecule has 0 aliphatic heterocycles. The maximum Gasteiger partial charge on any atom is 0.293 e. The van der Waals surface area contributed by atoms with Crippen molar-refractivity contribution >= 4 is 12.3 Å². The quantitative estimate of drug-likeness (QED) is 0.581. The lowest BCUT2D eigenvalue weighted by molar-refractivity contribution is -0.128. The van der Waals surface area contributed by atoms with Gasteiger partial charge in [-0.1, -0.05) is 0 Å². The molecule has 0 aromatic carbocycles. The summed E-state index contributed by atoms with van der Waals surface area (Å²) in [5, 5.41) is 0. The number of carbonyl (C=O) groups excluding carboxylic acids is 2. The maximum atomic E-state index is 11.4. The lowest BCUT2D eigenvalue weighted by Crippen LogP contribution is -2.12. The maximum absolute atomic E-state index is 11.4. The number of hydrogen-bond donors (Lipinski definition) is 0. The Morgan fingerprint density at radius 3 is 3.12 bits per heavy atom. The summed E-state index contributed by atoms with van der Waals surface area (Å²) in [6.07, 6.45) is 3.85. The first kappa shape index (κ1) is 11.9. The van der Waals surface area contributed by atoms with Crippen LogP contribution in [0.5, 0.6) is 0 Å². The normalized spacial score (nSPS) is 20.2. The molecule has 92 valence electrons. The van der Waals surface area contributed by atoms with Gasteiger partial charge in [-0.2, -0.15) is 0 Å². The van der Waals surface area contributed by atoms with Gasteiger partial charge in [0.1, 0.15) is 17.3 Å². The summed E-state index contributed by atoms with van der Waals surface area (Å²) in [5.41, 5.74) is 0. The Morgan fingerprint density at radius 2 is 2.35 bits per heavy atom. The predicted octanol–water partition coefficient (Wildman–Crippen LogP) is 2.22. The molecule has 0 N–H and O–H groups in total. The van der Waals surface area contributed by atoms with E-state index in [1.54, 1.807) is 0 Å². The Labute approximate surface area is 99.9 Å². The molecular weight excluding hydrogens is 220 g/mol. The Hall–Kier alpha value is -1.58. The summed E-state index contributed by atoms with van der Waals surface area (Å²) in [6, 6.07) is 3.82.